The van der Waals surface area contributed by atoms with Crippen molar-refractivity contribution in [3.63, 3.8) is 0 Å². The van der Waals surface area contributed by atoms with Crippen LogP contribution in [0.4, 0.5) is 0 Å². The topological polar surface area (TPSA) is 51.5 Å². The van der Waals surface area contributed by atoms with E-state index in [9.17, 15) is 9.90 Å². The molecule has 0 fully saturated rings. The van der Waals surface area contributed by atoms with E-state index in [1.807, 2.05) is 23.6 Å². The molecular weight excluding hydrogens is 278 g/mol. The lowest BCUT2D eigenvalue weighted by atomic mass is 10.0. The Morgan fingerprint density at radius 2 is 2.35 bits per heavy atom. The Bertz CT molecular complexity index is 677. The zero-order valence-electron chi connectivity index (χ0n) is 11.2. The number of ether oxygens (including phenoxy) is 1. The van der Waals surface area contributed by atoms with Crippen LogP contribution in [0.5, 0.6) is 0 Å². The van der Waals surface area contributed by atoms with Crippen LogP contribution in [0, 0.1) is 0 Å². The van der Waals surface area contributed by atoms with E-state index < -0.39 is 5.97 Å². The van der Waals surface area contributed by atoms with Gasteiger partial charge in [0, 0.05) is 5.39 Å². The first-order chi connectivity index (χ1) is 9.63. The number of para-hydroxylation sites is 1. The minimum atomic E-state index is -0.870. The largest absolute Gasteiger partial charge is 0.480 e. The van der Waals surface area contributed by atoms with Crippen molar-refractivity contribution in [1.29, 1.82) is 0 Å². The van der Waals surface area contributed by atoms with E-state index in [1.165, 1.54) is 5.56 Å². The Hall–Kier alpha value is -1.52. The van der Waals surface area contributed by atoms with Crippen LogP contribution < -0.4 is 0 Å². The Labute approximate surface area is 121 Å². The van der Waals surface area contributed by atoms with Crippen LogP contribution in [0.15, 0.2) is 18.2 Å². The second-order valence-electron chi connectivity index (χ2n) is 5.00. The zero-order chi connectivity index (χ0) is 14.3. The van der Waals surface area contributed by atoms with Crippen LogP contribution in [-0.2, 0) is 22.5 Å². The molecule has 0 aliphatic carbocycles. The van der Waals surface area contributed by atoms with Crippen molar-refractivity contribution >= 4 is 28.5 Å². The monoisotopic (exact) mass is 293 g/mol. The summed E-state index contributed by atoms with van der Waals surface area (Å²) in [4.78, 5) is 11.2. The molecule has 0 saturated heterocycles. The molecule has 0 radical (unpaired) electrons. The maximum Gasteiger partial charge on any atom is 0.323 e. The number of nitrogens with zero attached hydrogens (tertiary/aromatic N) is 1. The normalized spacial score (nSPS) is 18.2. The average Bonchev–Trinajstić information content (AvgIpc) is 2.74. The van der Waals surface area contributed by atoms with Gasteiger partial charge in [-0.2, -0.15) is 0 Å². The average molecular weight is 294 g/mol. The molecule has 1 unspecified atom stereocenters. The summed E-state index contributed by atoms with van der Waals surface area (Å²) < 4.78 is 7.60. The fourth-order valence-electron chi connectivity index (χ4n) is 3.08. The van der Waals surface area contributed by atoms with Gasteiger partial charge < -0.3 is 14.4 Å². The predicted octanol–water partition coefficient (Wildman–Crippen LogP) is 3.40. The van der Waals surface area contributed by atoms with Gasteiger partial charge >= 0.3 is 5.97 Å². The lowest BCUT2D eigenvalue weighted by molar-refractivity contribution is -0.137. The molecule has 0 saturated carbocycles. The molecule has 1 atom stereocenters. The zero-order valence-corrected chi connectivity index (χ0v) is 12.0. The lowest BCUT2D eigenvalue weighted by Crippen LogP contribution is -2.21. The lowest BCUT2D eigenvalue weighted by Gasteiger charge is -2.24. The van der Waals surface area contributed by atoms with Crippen molar-refractivity contribution in [3.8, 4) is 0 Å². The number of aromatic nitrogens is 1. The molecule has 1 aromatic heterocycles. The van der Waals surface area contributed by atoms with Gasteiger partial charge in [-0.15, -0.1) is 0 Å². The number of rotatable bonds is 3. The van der Waals surface area contributed by atoms with Crippen molar-refractivity contribution in [3.05, 3.63) is 34.5 Å². The summed E-state index contributed by atoms with van der Waals surface area (Å²) in [5, 5.41) is 10.8. The highest BCUT2D eigenvalue weighted by Crippen LogP contribution is 2.39. The van der Waals surface area contributed by atoms with Crippen LogP contribution >= 0.6 is 11.6 Å². The smallest absolute Gasteiger partial charge is 0.323 e. The van der Waals surface area contributed by atoms with Crippen LogP contribution in [0.3, 0.4) is 0 Å². The Morgan fingerprint density at radius 1 is 1.55 bits per heavy atom. The number of aliphatic carboxylic acids is 1. The molecule has 1 aliphatic heterocycles. The van der Waals surface area contributed by atoms with E-state index in [2.05, 4.69) is 0 Å². The molecule has 1 aromatic carbocycles. The minimum Gasteiger partial charge on any atom is -0.480 e. The minimum absolute atomic E-state index is 0.0541. The summed E-state index contributed by atoms with van der Waals surface area (Å²) in [6, 6.07) is 5.72. The molecule has 4 nitrogen and oxygen atoms in total. The van der Waals surface area contributed by atoms with Gasteiger partial charge in [0.05, 0.1) is 28.9 Å². The number of benzene rings is 1. The summed E-state index contributed by atoms with van der Waals surface area (Å²) >= 11 is 6.30. The summed E-state index contributed by atoms with van der Waals surface area (Å²) in [5.41, 5.74) is 2.97. The van der Waals surface area contributed by atoms with Crippen LogP contribution in [0.1, 0.15) is 30.7 Å². The summed E-state index contributed by atoms with van der Waals surface area (Å²) in [7, 11) is 0. The third-order valence-electron chi connectivity index (χ3n) is 3.82. The molecule has 5 heteroatoms. The highest BCUT2D eigenvalue weighted by molar-refractivity contribution is 6.35. The van der Waals surface area contributed by atoms with Gasteiger partial charge in [-0.25, -0.2) is 0 Å². The number of hydrogen-bond donors (Lipinski definition) is 1. The van der Waals surface area contributed by atoms with E-state index in [0.717, 1.165) is 29.4 Å². The molecule has 3 rings (SSSR count). The third kappa shape index (κ3) is 2.00. The number of fused-ring (bicyclic) bond motifs is 3. The second-order valence-corrected chi connectivity index (χ2v) is 5.40. The van der Waals surface area contributed by atoms with E-state index in [1.54, 1.807) is 6.07 Å². The number of hydrogen-bond acceptors (Lipinski definition) is 2. The number of carbonyl (C=O) groups is 1. The first-order valence-corrected chi connectivity index (χ1v) is 7.14. The molecule has 0 spiro atoms. The van der Waals surface area contributed by atoms with Crippen LogP contribution in [0.25, 0.3) is 10.9 Å². The summed E-state index contributed by atoms with van der Waals surface area (Å²) in [6.45, 7) is 2.63. The van der Waals surface area contributed by atoms with Gasteiger partial charge in [0.2, 0.25) is 0 Å². The van der Waals surface area contributed by atoms with E-state index in [0.29, 0.717) is 11.6 Å². The first-order valence-electron chi connectivity index (χ1n) is 6.76. The van der Waals surface area contributed by atoms with E-state index >= 15 is 0 Å². The molecule has 2 aromatic rings. The number of carboxylic acid groups (broad SMARTS) is 1. The summed E-state index contributed by atoms with van der Waals surface area (Å²) in [5.74, 6) is -0.870. The third-order valence-corrected chi connectivity index (χ3v) is 4.13. The fraction of sp³-hybridized carbons (Fsp3) is 0.400. The highest BCUT2D eigenvalue weighted by Gasteiger charge is 2.28. The van der Waals surface area contributed by atoms with Crippen molar-refractivity contribution < 1.29 is 14.6 Å². The van der Waals surface area contributed by atoms with E-state index in [-0.39, 0.29) is 12.6 Å². The Kier molecular flexibility index (Phi) is 3.44. The predicted molar refractivity (Wildman–Crippen MR) is 77.3 cm³/mol. The summed E-state index contributed by atoms with van der Waals surface area (Å²) in [6.07, 6.45) is 1.57. The molecule has 1 aliphatic rings. The maximum atomic E-state index is 11.2. The molecule has 1 N–H and O–H groups in total. The molecule has 106 valence electrons. The van der Waals surface area contributed by atoms with Gasteiger partial charge in [-0.1, -0.05) is 30.7 Å². The number of carboxylic acids is 1. The fourth-order valence-corrected chi connectivity index (χ4v) is 3.35. The Morgan fingerprint density at radius 3 is 3.05 bits per heavy atom. The van der Waals surface area contributed by atoms with Gasteiger partial charge in [0.15, 0.2) is 0 Å². The quantitative estimate of drug-likeness (QED) is 0.943. The molecular formula is C15H16ClNO3. The van der Waals surface area contributed by atoms with Crippen LogP contribution in [-0.4, -0.2) is 22.2 Å². The van der Waals surface area contributed by atoms with Gasteiger partial charge in [0.1, 0.15) is 6.54 Å². The SMILES string of the molecule is CCC1OCCc2c1n(CC(=O)O)c1c(Cl)cccc21. The van der Waals surface area contributed by atoms with E-state index in [4.69, 9.17) is 16.3 Å². The molecule has 0 amide bonds. The molecule has 2 heterocycles. The first kappa shape index (κ1) is 13.5. The maximum absolute atomic E-state index is 11.2. The molecule has 0 bridgehead atoms. The van der Waals surface area contributed by atoms with Crippen molar-refractivity contribution in [2.24, 2.45) is 0 Å². The van der Waals surface area contributed by atoms with Crippen molar-refractivity contribution in [2.45, 2.75) is 32.4 Å². The van der Waals surface area contributed by atoms with Gasteiger partial charge in [0.25, 0.3) is 0 Å². The van der Waals surface area contributed by atoms with Gasteiger partial charge in [-0.05, 0) is 24.5 Å². The molecule has 20 heavy (non-hydrogen) atoms. The Balaban J connectivity index is 2.34. The number of halogens is 1. The van der Waals surface area contributed by atoms with Gasteiger partial charge in [-0.3, -0.25) is 4.79 Å². The van der Waals surface area contributed by atoms with Crippen molar-refractivity contribution in [2.75, 3.05) is 6.61 Å². The van der Waals surface area contributed by atoms with Crippen molar-refractivity contribution in [1.82, 2.24) is 4.57 Å². The highest BCUT2D eigenvalue weighted by atomic mass is 35.5. The second kappa shape index (κ2) is 5.11. The van der Waals surface area contributed by atoms with Crippen LogP contribution in [0.2, 0.25) is 5.02 Å². The standard InChI is InChI=1S/C15H16ClNO3/c1-2-12-15-10(6-7-20-12)9-4-3-5-11(16)14(9)17(15)8-13(18)19/h3-5,12H,2,6-8H2,1H3,(H,18,19).